The summed E-state index contributed by atoms with van der Waals surface area (Å²) in [5.41, 5.74) is 0.365. The van der Waals surface area contributed by atoms with Crippen LogP contribution in [0.3, 0.4) is 0 Å². The van der Waals surface area contributed by atoms with E-state index < -0.39 is 58.3 Å². The van der Waals surface area contributed by atoms with Crippen molar-refractivity contribution in [3.63, 3.8) is 0 Å². The van der Waals surface area contributed by atoms with E-state index in [1.807, 2.05) is 80.3 Å². The minimum absolute atomic E-state index is 0.0115. The van der Waals surface area contributed by atoms with Crippen LogP contribution in [0.25, 0.3) is 22.2 Å². The van der Waals surface area contributed by atoms with Crippen LogP contribution in [-0.4, -0.2) is 102 Å². The number of likely N-dealkylation sites (tertiary alicyclic amines) is 2. The van der Waals surface area contributed by atoms with Gasteiger partial charge in [0.1, 0.15) is 29.2 Å². The van der Waals surface area contributed by atoms with Crippen LogP contribution >= 0.6 is 0 Å². The van der Waals surface area contributed by atoms with Crippen LogP contribution in [0.15, 0.2) is 67.3 Å². The predicted octanol–water partition coefficient (Wildman–Crippen LogP) is 5.29. The number of hydrogen-bond donors (Lipinski definition) is 2. The highest BCUT2D eigenvalue weighted by atomic mass is 32.2. The fourth-order valence-electron chi connectivity index (χ4n) is 8.63. The van der Waals surface area contributed by atoms with E-state index in [9.17, 15) is 27.6 Å². The Morgan fingerprint density at radius 2 is 1.78 bits per heavy atom. The molecule has 4 aliphatic rings. The second kappa shape index (κ2) is 16.7. The quantitative estimate of drug-likeness (QED) is 0.163. The molecular formula is C44H55N5O8S. The molecule has 0 unspecified atom stereocenters. The molecule has 13 nitrogen and oxygen atoms in total. The van der Waals surface area contributed by atoms with Crippen molar-refractivity contribution >= 4 is 45.4 Å². The van der Waals surface area contributed by atoms with Crippen LogP contribution in [0.1, 0.15) is 78.6 Å². The van der Waals surface area contributed by atoms with Crippen LogP contribution in [0.4, 0.5) is 0 Å². The van der Waals surface area contributed by atoms with Crippen LogP contribution in [0.5, 0.6) is 11.5 Å². The molecule has 2 aromatic carbocycles. The van der Waals surface area contributed by atoms with Gasteiger partial charge in [-0.25, -0.2) is 17.7 Å². The first-order valence-electron chi connectivity index (χ1n) is 20.4. The number of thiol groups is 1. The molecule has 58 heavy (non-hydrogen) atoms. The first kappa shape index (κ1) is 41.2. The zero-order chi connectivity index (χ0) is 41.4. The molecule has 0 radical (unpaired) electrons. The lowest BCUT2D eigenvalue weighted by atomic mass is 9.82. The van der Waals surface area contributed by atoms with E-state index in [1.54, 1.807) is 13.2 Å². The van der Waals surface area contributed by atoms with Crippen molar-refractivity contribution in [1.29, 1.82) is 0 Å². The monoisotopic (exact) mass is 813 g/mol. The zero-order valence-corrected chi connectivity index (χ0v) is 34.7. The number of nitrogens with one attached hydrogen (secondary N) is 1. The van der Waals surface area contributed by atoms with Gasteiger partial charge in [0.15, 0.2) is 0 Å². The van der Waals surface area contributed by atoms with E-state index in [-0.39, 0.29) is 43.0 Å². The average molecular weight is 814 g/mol. The summed E-state index contributed by atoms with van der Waals surface area (Å²) in [6.45, 7) is 11.3. The lowest BCUT2D eigenvalue weighted by Crippen LogP contribution is -2.57. The number of fused-ring (bicyclic) bond motifs is 1. The third-order valence-corrected chi connectivity index (χ3v) is 12.7. The number of carbonyl (C=O) groups excluding carboxylic acids is 4. The van der Waals surface area contributed by atoms with Crippen molar-refractivity contribution < 1.29 is 37.1 Å². The number of pyridine rings is 1. The minimum Gasteiger partial charge on any atom is -0.497 e. The Morgan fingerprint density at radius 1 is 1.05 bits per heavy atom. The number of rotatable bonds is 14. The molecule has 1 N–H and O–H groups in total. The van der Waals surface area contributed by atoms with E-state index in [2.05, 4.69) is 11.9 Å². The first-order chi connectivity index (χ1) is 27.7. The summed E-state index contributed by atoms with van der Waals surface area (Å²) in [5, 5.41) is 3.65. The Labute approximate surface area is 342 Å². The third-order valence-electron chi connectivity index (χ3n) is 11.8. The molecule has 2 aliphatic heterocycles. The fraction of sp³-hybridized carbons (Fsp3) is 0.523. The molecule has 5 atom stereocenters. The van der Waals surface area contributed by atoms with E-state index in [0.29, 0.717) is 60.4 Å². The molecule has 3 aromatic rings. The lowest BCUT2D eigenvalue weighted by Gasteiger charge is -2.34. The van der Waals surface area contributed by atoms with Crippen molar-refractivity contribution in [2.45, 2.75) is 102 Å². The number of benzene rings is 2. The predicted molar refractivity (Wildman–Crippen MR) is 220 cm³/mol. The maximum Gasteiger partial charge on any atom is 0.262 e. The highest BCUT2D eigenvalue weighted by Gasteiger charge is 2.63. The molecule has 2 aliphatic carbocycles. The van der Waals surface area contributed by atoms with Crippen molar-refractivity contribution in [1.82, 2.24) is 24.4 Å². The second-order valence-corrected chi connectivity index (χ2v) is 18.4. The summed E-state index contributed by atoms with van der Waals surface area (Å²) in [7, 11) is -1.64. The summed E-state index contributed by atoms with van der Waals surface area (Å²) in [5.74, 6) is -1.74. The van der Waals surface area contributed by atoms with Crippen LogP contribution < -0.4 is 14.8 Å². The summed E-state index contributed by atoms with van der Waals surface area (Å²) >= 11 is 0. The van der Waals surface area contributed by atoms with E-state index >= 15 is 0 Å². The highest BCUT2D eigenvalue weighted by Crippen LogP contribution is 2.48. The molecule has 0 spiro atoms. The lowest BCUT2D eigenvalue weighted by molar-refractivity contribution is -0.146. The highest BCUT2D eigenvalue weighted by molar-refractivity contribution is 7.70. The van der Waals surface area contributed by atoms with E-state index in [1.165, 1.54) is 4.90 Å². The summed E-state index contributed by atoms with van der Waals surface area (Å²) in [6, 6.07) is 15.5. The van der Waals surface area contributed by atoms with Crippen molar-refractivity contribution in [3.05, 3.63) is 67.3 Å². The normalized spacial score (nSPS) is 23.6. The van der Waals surface area contributed by atoms with Crippen molar-refractivity contribution in [2.24, 2.45) is 17.3 Å². The molecule has 1 aromatic heterocycles. The van der Waals surface area contributed by atoms with Gasteiger partial charge in [-0.3, -0.25) is 19.2 Å². The number of methoxy groups -OCH3 is 1. The molecule has 310 valence electrons. The summed E-state index contributed by atoms with van der Waals surface area (Å²) in [6.07, 6.45) is 5.64. The molecule has 2 saturated carbocycles. The summed E-state index contributed by atoms with van der Waals surface area (Å²) < 4.78 is 37.8. The van der Waals surface area contributed by atoms with Gasteiger partial charge in [0.25, 0.3) is 5.91 Å². The largest absolute Gasteiger partial charge is 0.497 e. The van der Waals surface area contributed by atoms with Gasteiger partial charge in [0.05, 0.1) is 24.9 Å². The fourth-order valence-corrected chi connectivity index (χ4v) is 9.46. The first-order valence-corrected chi connectivity index (χ1v) is 21.6. The number of nitrogens with zero attached hydrogens (tertiary/aromatic N) is 4. The van der Waals surface area contributed by atoms with Gasteiger partial charge in [0.2, 0.25) is 28.6 Å². The van der Waals surface area contributed by atoms with Gasteiger partial charge in [-0.15, -0.1) is 6.58 Å². The number of piperidine rings is 1. The molecular weight excluding hydrogens is 759 g/mol. The molecule has 7 rings (SSSR count). The Bertz CT molecular complexity index is 2140. The molecule has 4 fully saturated rings. The van der Waals surface area contributed by atoms with Crippen LogP contribution in [0.2, 0.25) is 0 Å². The number of hydrogen-bond acceptors (Lipinski definition) is 9. The van der Waals surface area contributed by atoms with E-state index in [4.69, 9.17) is 14.5 Å². The van der Waals surface area contributed by atoms with Gasteiger partial charge in [0, 0.05) is 66.9 Å². The molecule has 4 amide bonds. The second-order valence-electron chi connectivity index (χ2n) is 17.5. The van der Waals surface area contributed by atoms with Crippen LogP contribution in [0, 0.1) is 17.3 Å². The van der Waals surface area contributed by atoms with E-state index in [0.717, 1.165) is 29.1 Å². The van der Waals surface area contributed by atoms with Gasteiger partial charge in [-0.05, 0) is 62.5 Å². The van der Waals surface area contributed by atoms with Crippen molar-refractivity contribution in [2.75, 3.05) is 26.7 Å². The molecule has 14 heteroatoms. The molecule has 3 heterocycles. The Hall–Kier alpha value is -4.98. The third kappa shape index (κ3) is 8.86. The topological polar surface area (TPSA) is 156 Å². The zero-order valence-electron chi connectivity index (χ0n) is 33.9. The number of carbonyl (C=O) groups is 4. The Morgan fingerprint density at radius 3 is 2.40 bits per heavy atom. The molecule has 2 saturated heterocycles. The van der Waals surface area contributed by atoms with Crippen molar-refractivity contribution in [3.8, 4) is 22.8 Å². The smallest absolute Gasteiger partial charge is 0.262 e. The van der Waals surface area contributed by atoms with Gasteiger partial charge < -0.3 is 24.6 Å². The van der Waals surface area contributed by atoms with Crippen LogP contribution in [-0.2, 0) is 30.1 Å². The van der Waals surface area contributed by atoms with Gasteiger partial charge in [-0.2, -0.15) is 0 Å². The maximum absolute atomic E-state index is 14.9. The average Bonchev–Trinajstić information content (AvgIpc) is 4.13. The Kier molecular flexibility index (Phi) is 11.9. The van der Waals surface area contributed by atoms with Gasteiger partial charge in [-0.1, -0.05) is 57.2 Å². The van der Waals surface area contributed by atoms with Gasteiger partial charge >= 0.3 is 0 Å². The standard InChI is InChI=1S/C44H55N5O8S/c1-6-30-26-44(30,42(53)49(58(54)55)31-15-16-31)46-40(51)37-23-33(27-48(37)41(52)29(25-43(2,3)4)21-39(50)47-19-11-8-12-20-47)57-38-24-35(28-13-9-7-10-14-28)45-36-22-32(56-5)17-18-34(36)38/h6-7,9-10,13-14,17-18,22,24,29-31,33,37,58H,1,8,11-12,15-16,19-21,23,25-27H2,2-5H3,(H,46,51)/t29-,30+,33+,37-,44+/m0/s1. The SMILES string of the molecule is C=C[C@@H]1C[C@]1(NC(=O)[C@@H]1C[C@@H](Oc2cc(-c3ccccc3)nc3cc(OC)ccc23)CN1C(=O)[C@@H](CC(=O)N1CCCCC1)CC(C)(C)C)C(=O)N(C1CC1)[SH](=O)=O. The Balaban J connectivity index is 1.23. The molecule has 0 bridgehead atoms. The minimum atomic E-state index is -3.23. The number of aromatic nitrogens is 1. The number of ether oxygens (including phenoxy) is 2. The number of amides is 4. The maximum atomic E-state index is 14.9. The summed E-state index contributed by atoms with van der Waals surface area (Å²) in [4.78, 5) is 65.5.